The first-order valence-electron chi connectivity index (χ1n) is 5.67. The maximum Gasteiger partial charge on any atom is 0.141 e. The zero-order valence-electron chi connectivity index (χ0n) is 10.0. The normalized spacial score (nSPS) is 12.2. The molecule has 0 radical (unpaired) electrons. The Morgan fingerprint density at radius 1 is 1.26 bits per heavy atom. The summed E-state index contributed by atoms with van der Waals surface area (Å²) in [4.78, 5) is 0. The second-order valence-electron chi connectivity index (χ2n) is 4.07. The third kappa shape index (κ3) is 3.68. The number of benzene rings is 2. The van der Waals surface area contributed by atoms with Gasteiger partial charge in [-0.2, -0.15) is 0 Å². The molecule has 5 heteroatoms. The van der Waals surface area contributed by atoms with Crippen molar-refractivity contribution in [3.05, 3.63) is 58.3 Å². The van der Waals surface area contributed by atoms with E-state index in [1.807, 2.05) is 0 Å². The van der Waals surface area contributed by atoms with Crippen molar-refractivity contribution in [1.29, 1.82) is 0 Å². The number of nitrogens with two attached hydrogens (primary N) is 1. The highest BCUT2D eigenvalue weighted by molar-refractivity contribution is 9.10. The summed E-state index contributed by atoms with van der Waals surface area (Å²) in [6.45, 7) is 0.0323. The van der Waals surface area contributed by atoms with E-state index in [0.29, 0.717) is 21.5 Å². The minimum Gasteiger partial charge on any atom is -0.490 e. The van der Waals surface area contributed by atoms with Gasteiger partial charge in [0.1, 0.15) is 24.3 Å². The summed E-state index contributed by atoms with van der Waals surface area (Å²) in [5.74, 6) is -0.0420. The Balaban J connectivity index is 2.00. The standard InChI is InChI=1S/C14H13BrFNO2/c15-12-5-4-11(7-13(12)16)19-8-14(18)9-2-1-3-10(17)6-9/h1-7,14,18H,8,17H2. The van der Waals surface area contributed by atoms with Crippen LogP contribution in [0.5, 0.6) is 5.75 Å². The van der Waals surface area contributed by atoms with Crippen LogP contribution in [0, 0.1) is 5.82 Å². The van der Waals surface area contributed by atoms with Crippen molar-refractivity contribution in [3.63, 3.8) is 0 Å². The zero-order valence-corrected chi connectivity index (χ0v) is 11.6. The third-order valence-electron chi connectivity index (χ3n) is 2.59. The van der Waals surface area contributed by atoms with Crippen molar-refractivity contribution in [1.82, 2.24) is 0 Å². The molecular formula is C14H13BrFNO2. The van der Waals surface area contributed by atoms with Gasteiger partial charge in [-0.1, -0.05) is 12.1 Å². The Labute approximate surface area is 118 Å². The number of halogens is 2. The van der Waals surface area contributed by atoms with Crippen molar-refractivity contribution in [2.24, 2.45) is 0 Å². The number of nitrogen functional groups attached to an aromatic ring is 1. The second kappa shape index (κ2) is 6.04. The number of rotatable bonds is 4. The minimum absolute atomic E-state index is 0.0323. The lowest BCUT2D eigenvalue weighted by Gasteiger charge is -2.13. The molecule has 0 amide bonds. The van der Waals surface area contributed by atoms with Crippen LogP contribution >= 0.6 is 15.9 Å². The molecule has 0 fully saturated rings. The van der Waals surface area contributed by atoms with Gasteiger partial charge in [0.05, 0.1) is 4.47 Å². The van der Waals surface area contributed by atoms with E-state index >= 15 is 0 Å². The summed E-state index contributed by atoms with van der Waals surface area (Å²) in [5.41, 5.74) is 6.87. The number of hydrogen-bond donors (Lipinski definition) is 2. The van der Waals surface area contributed by atoms with Crippen molar-refractivity contribution in [3.8, 4) is 5.75 Å². The van der Waals surface area contributed by atoms with Crippen LogP contribution in [0.1, 0.15) is 11.7 Å². The molecule has 1 unspecified atom stereocenters. The maximum absolute atomic E-state index is 13.3. The molecule has 3 N–H and O–H groups in total. The van der Waals surface area contributed by atoms with Crippen LogP contribution in [-0.2, 0) is 0 Å². The van der Waals surface area contributed by atoms with Gasteiger partial charge in [-0.25, -0.2) is 4.39 Å². The van der Waals surface area contributed by atoms with Gasteiger partial charge in [0.15, 0.2) is 0 Å². The fraction of sp³-hybridized carbons (Fsp3) is 0.143. The smallest absolute Gasteiger partial charge is 0.141 e. The van der Waals surface area contributed by atoms with Gasteiger partial charge in [0.2, 0.25) is 0 Å². The molecule has 0 saturated carbocycles. The number of hydrogen-bond acceptors (Lipinski definition) is 3. The molecule has 2 aromatic carbocycles. The predicted molar refractivity (Wildman–Crippen MR) is 75.4 cm³/mol. The third-order valence-corrected chi connectivity index (χ3v) is 3.24. The van der Waals surface area contributed by atoms with E-state index in [1.54, 1.807) is 36.4 Å². The van der Waals surface area contributed by atoms with Crippen molar-refractivity contribution >= 4 is 21.6 Å². The molecule has 0 spiro atoms. The van der Waals surface area contributed by atoms with Crippen LogP contribution in [-0.4, -0.2) is 11.7 Å². The monoisotopic (exact) mass is 325 g/mol. The summed E-state index contributed by atoms with van der Waals surface area (Å²) in [5, 5.41) is 9.95. The van der Waals surface area contributed by atoms with Crippen LogP contribution in [0.25, 0.3) is 0 Å². The van der Waals surface area contributed by atoms with Gasteiger partial charge in [0.25, 0.3) is 0 Å². The Morgan fingerprint density at radius 2 is 2.05 bits per heavy atom. The molecule has 0 saturated heterocycles. The molecule has 3 nitrogen and oxygen atoms in total. The summed E-state index contributed by atoms with van der Waals surface area (Å²) >= 11 is 3.06. The molecule has 2 aromatic rings. The average molecular weight is 326 g/mol. The molecule has 0 bridgehead atoms. The number of ether oxygens (including phenoxy) is 1. The molecule has 0 aromatic heterocycles. The molecule has 0 aliphatic rings. The van der Waals surface area contributed by atoms with Crippen molar-refractivity contribution in [2.45, 2.75) is 6.10 Å². The number of aliphatic hydroxyl groups excluding tert-OH is 1. The maximum atomic E-state index is 13.3. The van der Waals surface area contributed by atoms with E-state index in [2.05, 4.69) is 15.9 Å². The molecule has 2 rings (SSSR count). The molecule has 100 valence electrons. The summed E-state index contributed by atoms with van der Waals surface area (Å²) < 4.78 is 19.0. The first-order valence-corrected chi connectivity index (χ1v) is 6.47. The Bertz CT molecular complexity index is 577. The van der Waals surface area contributed by atoms with E-state index in [0.717, 1.165) is 0 Å². The summed E-state index contributed by atoms with van der Waals surface area (Å²) in [6, 6.07) is 11.4. The first-order chi connectivity index (χ1) is 9.06. The molecule has 0 heterocycles. The predicted octanol–water partition coefficient (Wildman–Crippen LogP) is 3.28. The Morgan fingerprint density at radius 3 is 2.74 bits per heavy atom. The van der Waals surface area contributed by atoms with Crippen LogP contribution in [0.15, 0.2) is 46.9 Å². The lowest BCUT2D eigenvalue weighted by Crippen LogP contribution is -2.10. The number of aliphatic hydroxyl groups is 1. The molecule has 0 aliphatic heterocycles. The SMILES string of the molecule is Nc1cccc(C(O)COc2ccc(Br)c(F)c2)c1. The quantitative estimate of drug-likeness (QED) is 0.848. The first kappa shape index (κ1) is 13.8. The van der Waals surface area contributed by atoms with E-state index in [-0.39, 0.29) is 6.61 Å². The van der Waals surface area contributed by atoms with Gasteiger partial charge in [-0.3, -0.25) is 0 Å². The fourth-order valence-corrected chi connectivity index (χ4v) is 1.85. The molecule has 19 heavy (non-hydrogen) atoms. The Kier molecular flexibility index (Phi) is 4.39. The average Bonchev–Trinajstić information content (AvgIpc) is 2.40. The molecule has 1 atom stereocenters. The highest BCUT2D eigenvalue weighted by atomic mass is 79.9. The summed E-state index contributed by atoms with van der Waals surface area (Å²) in [6.07, 6.45) is -0.810. The van der Waals surface area contributed by atoms with E-state index in [1.165, 1.54) is 6.07 Å². The topological polar surface area (TPSA) is 55.5 Å². The summed E-state index contributed by atoms with van der Waals surface area (Å²) in [7, 11) is 0. The van der Waals surface area contributed by atoms with Gasteiger partial charge in [-0.05, 0) is 45.8 Å². The van der Waals surface area contributed by atoms with Gasteiger partial charge >= 0.3 is 0 Å². The molecule has 0 aliphatic carbocycles. The van der Waals surface area contributed by atoms with Crippen LogP contribution in [0.2, 0.25) is 0 Å². The van der Waals surface area contributed by atoms with Gasteiger partial charge < -0.3 is 15.6 Å². The van der Waals surface area contributed by atoms with Crippen LogP contribution in [0.3, 0.4) is 0 Å². The van der Waals surface area contributed by atoms with Crippen LogP contribution < -0.4 is 10.5 Å². The van der Waals surface area contributed by atoms with E-state index in [9.17, 15) is 9.50 Å². The highest BCUT2D eigenvalue weighted by Crippen LogP contribution is 2.22. The molecular weight excluding hydrogens is 313 g/mol. The zero-order chi connectivity index (χ0) is 13.8. The Hall–Kier alpha value is -1.59. The van der Waals surface area contributed by atoms with Gasteiger partial charge in [-0.15, -0.1) is 0 Å². The van der Waals surface area contributed by atoms with E-state index < -0.39 is 11.9 Å². The lowest BCUT2D eigenvalue weighted by molar-refractivity contribution is 0.108. The number of anilines is 1. The minimum atomic E-state index is -0.810. The van der Waals surface area contributed by atoms with Crippen molar-refractivity contribution in [2.75, 3.05) is 12.3 Å². The largest absolute Gasteiger partial charge is 0.490 e. The second-order valence-corrected chi connectivity index (χ2v) is 4.93. The van der Waals surface area contributed by atoms with Crippen LogP contribution in [0.4, 0.5) is 10.1 Å². The lowest BCUT2D eigenvalue weighted by atomic mass is 10.1. The van der Waals surface area contributed by atoms with Crippen molar-refractivity contribution < 1.29 is 14.2 Å². The van der Waals surface area contributed by atoms with E-state index in [4.69, 9.17) is 10.5 Å². The van der Waals surface area contributed by atoms with Gasteiger partial charge in [0, 0.05) is 11.8 Å². The highest BCUT2D eigenvalue weighted by Gasteiger charge is 2.09. The fourth-order valence-electron chi connectivity index (χ4n) is 1.60.